The van der Waals surface area contributed by atoms with Crippen LogP contribution in [0.25, 0.3) is 16.7 Å². The molecule has 0 aromatic heterocycles. The number of methoxy groups -OCH3 is 1. The Morgan fingerprint density at radius 1 is 1.03 bits per heavy atom. The summed E-state index contributed by atoms with van der Waals surface area (Å²) in [6.07, 6.45) is 3.26. The van der Waals surface area contributed by atoms with E-state index in [0.717, 1.165) is 34.5 Å². The summed E-state index contributed by atoms with van der Waals surface area (Å²) in [6, 6.07) is 17.5. The Bertz CT molecular complexity index is 1180. The number of ether oxygens (including phenoxy) is 1. The van der Waals surface area contributed by atoms with Gasteiger partial charge in [0.1, 0.15) is 11.6 Å². The van der Waals surface area contributed by atoms with Crippen LogP contribution in [0.2, 0.25) is 0 Å². The molecule has 1 heterocycles. The van der Waals surface area contributed by atoms with E-state index in [4.69, 9.17) is 4.74 Å². The van der Waals surface area contributed by atoms with Crippen LogP contribution < -0.4 is 15.4 Å². The Morgan fingerprint density at radius 3 is 2.56 bits per heavy atom. The second kappa shape index (κ2) is 8.70. The van der Waals surface area contributed by atoms with E-state index in [9.17, 15) is 4.39 Å². The molecule has 0 unspecified atom stereocenters. The molecule has 0 aliphatic carbocycles. The van der Waals surface area contributed by atoms with Gasteiger partial charge in [-0.15, -0.1) is 0 Å². The van der Waals surface area contributed by atoms with Crippen molar-refractivity contribution in [3.05, 3.63) is 83.2 Å². The minimum atomic E-state index is -0.306. The van der Waals surface area contributed by atoms with Crippen molar-refractivity contribution < 1.29 is 9.13 Å². The molecule has 0 atom stereocenters. The first-order valence-corrected chi connectivity index (χ1v) is 11.1. The summed E-state index contributed by atoms with van der Waals surface area (Å²) in [4.78, 5) is 0. The Morgan fingerprint density at radius 2 is 1.81 bits per heavy atom. The lowest BCUT2D eigenvalue weighted by Gasteiger charge is -2.33. The van der Waals surface area contributed by atoms with Gasteiger partial charge in [-0.05, 0) is 79.8 Å². The van der Waals surface area contributed by atoms with Crippen molar-refractivity contribution in [3.63, 3.8) is 0 Å². The standard InChI is InChI=1S/C28H31FN2O/c1-6-19-8-7-9-21(14-19)30-17-24-22(23-11-10-20(29)15-26(23)32-5)12-13-25-27(24)18(2)16-28(3,4)31-25/h7-16,30-31H,6,17H2,1-5H3. The monoisotopic (exact) mass is 430 g/mol. The van der Waals surface area contributed by atoms with Crippen molar-refractivity contribution in [2.24, 2.45) is 0 Å². The third-order valence-corrected chi connectivity index (χ3v) is 6.00. The van der Waals surface area contributed by atoms with Gasteiger partial charge in [-0.2, -0.15) is 0 Å². The fourth-order valence-corrected chi connectivity index (χ4v) is 4.61. The summed E-state index contributed by atoms with van der Waals surface area (Å²) >= 11 is 0. The fourth-order valence-electron chi connectivity index (χ4n) is 4.61. The summed E-state index contributed by atoms with van der Waals surface area (Å²) in [6.45, 7) is 9.30. The van der Waals surface area contributed by atoms with Gasteiger partial charge < -0.3 is 15.4 Å². The molecule has 0 radical (unpaired) electrons. The van der Waals surface area contributed by atoms with Gasteiger partial charge in [-0.3, -0.25) is 0 Å². The molecule has 1 aliphatic heterocycles. The van der Waals surface area contributed by atoms with Gasteiger partial charge in [-0.1, -0.05) is 31.2 Å². The Hall–Kier alpha value is -3.27. The number of hydrogen-bond donors (Lipinski definition) is 2. The highest BCUT2D eigenvalue weighted by atomic mass is 19.1. The van der Waals surface area contributed by atoms with Crippen LogP contribution in [0.3, 0.4) is 0 Å². The third-order valence-electron chi connectivity index (χ3n) is 6.00. The lowest BCUT2D eigenvalue weighted by atomic mass is 9.85. The van der Waals surface area contributed by atoms with Crippen molar-refractivity contribution in [2.45, 2.75) is 46.2 Å². The number of benzene rings is 3. The van der Waals surface area contributed by atoms with Gasteiger partial charge in [-0.25, -0.2) is 4.39 Å². The zero-order valence-electron chi connectivity index (χ0n) is 19.5. The van der Waals surface area contributed by atoms with Crippen molar-refractivity contribution in [2.75, 3.05) is 17.7 Å². The van der Waals surface area contributed by atoms with E-state index in [1.807, 2.05) is 0 Å². The lowest BCUT2D eigenvalue weighted by molar-refractivity contribution is 0.413. The van der Waals surface area contributed by atoms with E-state index in [-0.39, 0.29) is 11.4 Å². The van der Waals surface area contributed by atoms with E-state index >= 15 is 0 Å². The average molecular weight is 431 g/mol. The minimum Gasteiger partial charge on any atom is -0.496 e. The zero-order chi connectivity index (χ0) is 22.9. The van der Waals surface area contributed by atoms with E-state index in [2.05, 4.69) is 80.8 Å². The molecule has 1 aliphatic rings. The van der Waals surface area contributed by atoms with E-state index in [1.54, 1.807) is 13.2 Å². The minimum absolute atomic E-state index is 0.119. The number of hydrogen-bond acceptors (Lipinski definition) is 3. The number of fused-ring (bicyclic) bond motifs is 1. The quantitative estimate of drug-likeness (QED) is 0.431. The topological polar surface area (TPSA) is 33.3 Å². The Labute approximate surface area is 190 Å². The first kappa shape index (κ1) is 21.9. The van der Waals surface area contributed by atoms with Gasteiger partial charge >= 0.3 is 0 Å². The summed E-state index contributed by atoms with van der Waals surface area (Å²) in [5.41, 5.74) is 8.87. The van der Waals surface area contributed by atoms with Crippen LogP contribution in [0.1, 0.15) is 44.4 Å². The molecule has 3 aromatic carbocycles. The molecule has 32 heavy (non-hydrogen) atoms. The summed E-state index contributed by atoms with van der Waals surface area (Å²) in [5, 5.41) is 7.26. The fraction of sp³-hybridized carbons (Fsp3) is 0.286. The molecule has 3 nitrogen and oxygen atoms in total. The average Bonchev–Trinajstić information content (AvgIpc) is 2.76. The van der Waals surface area contributed by atoms with Gasteiger partial charge in [0, 0.05) is 35.1 Å². The van der Waals surface area contributed by atoms with Gasteiger partial charge in [0.05, 0.1) is 12.6 Å². The highest BCUT2D eigenvalue weighted by Crippen LogP contribution is 2.42. The number of rotatable bonds is 6. The summed E-state index contributed by atoms with van der Waals surface area (Å²) in [7, 11) is 1.58. The SMILES string of the molecule is CCc1cccc(NCc2c(-c3ccc(F)cc3OC)ccc3c2C(C)=CC(C)(C)N3)c1. The van der Waals surface area contributed by atoms with Crippen LogP contribution >= 0.6 is 0 Å². The number of allylic oxidation sites excluding steroid dienone is 1. The molecule has 166 valence electrons. The van der Waals surface area contributed by atoms with Crippen molar-refractivity contribution in [1.29, 1.82) is 0 Å². The maximum Gasteiger partial charge on any atom is 0.129 e. The Balaban J connectivity index is 1.85. The lowest BCUT2D eigenvalue weighted by Crippen LogP contribution is -2.32. The molecular weight excluding hydrogens is 399 g/mol. The molecule has 0 bridgehead atoms. The number of aryl methyl sites for hydroxylation is 1. The summed E-state index contributed by atoms with van der Waals surface area (Å²) < 4.78 is 19.4. The third kappa shape index (κ3) is 4.36. The second-order valence-corrected chi connectivity index (χ2v) is 8.94. The van der Waals surface area contributed by atoms with Crippen LogP contribution in [0, 0.1) is 5.82 Å². The van der Waals surface area contributed by atoms with Crippen molar-refractivity contribution in [1.82, 2.24) is 0 Å². The van der Waals surface area contributed by atoms with Crippen LogP contribution in [0.4, 0.5) is 15.8 Å². The van der Waals surface area contributed by atoms with Gasteiger partial charge in [0.25, 0.3) is 0 Å². The largest absolute Gasteiger partial charge is 0.496 e. The van der Waals surface area contributed by atoms with Gasteiger partial charge in [0.15, 0.2) is 0 Å². The summed E-state index contributed by atoms with van der Waals surface area (Å²) in [5.74, 6) is 0.226. The van der Waals surface area contributed by atoms with E-state index in [0.29, 0.717) is 12.3 Å². The molecule has 0 saturated carbocycles. The number of nitrogens with one attached hydrogen (secondary N) is 2. The molecule has 2 N–H and O–H groups in total. The van der Waals surface area contributed by atoms with E-state index < -0.39 is 0 Å². The van der Waals surface area contributed by atoms with Crippen LogP contribution in [0.15, 0.2) is 60.7 Å². The number of anilines is 2. The maximum absolute atomic E-state index is 13.9. The van der Waals surface area contributed by atoms with E-state index in [1.165, 1.54) is 28.8 Å². The van der Waals surface area contributed by atoms with Crippen LogP contribution in [-0.2, 0) is 13.0 Å². The Kier molecular flexibility index (Phi) is 5.96. The first-order valence-electron chi connectivity index (χ1n) is 11.1. The maximum atomic E-state index is 13.9. The molecule has 4 rings (SSSR count). The van der Waals surface area contributed by atoms with Crippen LogP contribution in [0.5, 0.6) is 5.75 Å². The molecule has 0 spiro atoms. The van der Waals surface area contributed by atoms with Crippen molar-refractivity contribution >= 4 is 16.9 Å². The zero-order valence-corrected chi connectivity index (χ0v) is 19.5. The molecule has 0 amide bonds. The highest BCUT2D eigenvalue weighted by Gasteiger charge is 2.26. The molecule has 3 aromatic rings. The molecular formula is C28H31FN2O. The second-order valence-electron chi connectivity index (χ2n) is 8.94. The van der Waals surface area contributed by atoms with Crippen molar-refractivity contribution in [3.8, 4) is 16.9 Å². The smallest absolute Gasteiger partial charge is 0.129 e. The normalized spacial score (nSPS) is 14.2. The molecule has 0 fully saturated rings. The van der Waals surface area contributed by atoms with Gasteiger partial charge in [0.2, 0.25) is 0 Å². The predicted octanol–water partition coefficient (Wildman–Crippen LogP) is 7.28. The first-order chi connectivity index (χ1) is 15.3. The predicted molar refractivity (Wildman–Crippen MR) is 133 cm³/mol. The van der Waals surface area contributed by atoms with Crippen LogP contribution in [-0.4, -0.2) is 12.6 Å². The molecule has 4 heteroatoms. The highest BCUT2D eigenvalue weighted by molar-refractivity contribution is 5.88. The molecule has 0 saturated heterocycles. The number of halogens is 1.